The van der Waals surface area contributed by atoms with Crippen LogP contribution in [0.5, 0.6) is 0 Å². The highest BCUT2D eigenvalue weighted by atomic mass is 16.5. The lowest BCUT2D eigenvalue weighted by molar-refractivity contribution is -0.145. The summed E-state index contributed by atoms with van der Waals surface area (Å²) in [6.07, 6.45) is 4.27. The van der Waals surface area contributed by atoms with Crippen molar-refractivity contribution in [1.82, 2.24) is 15.0 Å². The van der Waals surface area contributed by atoms with Crippen molar-refractivity contribution in [1.29, 1.82) is 0 Å². The van der Waals surface area contributed by atoms with Crippen LogP contribution in [0.4, 0.5) is 0 Å². The molecule has 0 aliphatic carbocycles. The van der Waals surface area contributed by atoms with Gasteiger partial charge in [0.2, 0.25) is 11.7 Å². The summed E-state index contributed by atoms with van der Waals surface area (Å²) in [5, 5.41) is 3.79. The lowest BCUT2D eigenvalue weighted by atomic mass is 9.85. The summed E-state index contributed by atoms with van der Waals surface area (Å²) in [5.74, 6) is 0.145. The summed E-state index contributed by atoms with van der Waals surface area (Å²) < 4.78 is 5.12. The van der Waals surface area contributed by atoms with Gasteiger partial charge in [-0.25, -0.2) is 0 Å². The fourth-order valence-electron chi connectivity index (χ4n) is 3.80. The number of hydrogen-bond acceptors (Lipinski definition) is 4. The molecule has 0 radical (unpaired) electrons. The van der Waals surface area contributed by atoms with Crippen molar-refractivity contribution < 1.29 is 14.1 Å². The van der Waals surface area contributed by atoms with Crippen molar-refractivity contribution in [2.75, 3.05) is 19.6 Å². The van der Waals surface area contributed by atoms with Crippen molar-refractivity contribution in [3.05, 3.63) is 17.5 Å². The first-order valence-corrected chi connectivity index (χ1v) is 8.13. The molecule has 2 aliphatic heterocycles. The zero-order chi connectivity index (χ0) is 15.7. The Morgan fingerprint density at radius 2 is 2.09 bits per heavy atom. The third-order valence-corrected chi connectivity index (χ3v) is 4.77. The summed E-state index contributed by atoms with van der Waals surface area (Å²) in [6, 6.07) is 1.64. The number of aryl methyl sites for hydroxylation is 1. The van der Waals surface area contributed by atoms with E-state index in [1.165, 1.54) is 0 Å². The van der Waals surface area contributed by atoms with Crippen molar-refractivity contribution in [3.8, 4) is 0 Å². The van der Waals surface area contributed by atoms with E-state index in [1.807, 2.05) is 4.90 Å². The van der Waals surface area contributed by atoms with Gasteiger partial charge < -0.3 is 14.3 Å². The molecule has 1 aromatic heterocycles. The number of piperidine rings is 1. The molecular weight excluding hydrogens is 282 g/mol. The van der Waals surface area contributed by atoms with Crippen LogP contribution in [0.1, 0.15) is 55.3 Å². The zero-order valence-corrected chi connectivity index (χ0v) is 13.3. The van der Waals surface area contributed by atoms with Crippen LogP contribution in [0.25, 0.3) is 0 Å². The summed E-state index contributed by atoms with van der Waals surface area (Å²) in [6.45, 7) is 6.05. The van der Waals surface area contributed by atoms with Crippen LogP contribution in [-0.2, 0) is 4.79 Å². The molecule has 3 rings (SSSR count). The molecule has 1 atom stereocenters. The Kier molecular flexibility index (Phi) is 3.93. The summed E-state index contributed by atoms with van der Waals surface area (Å²) in [5.41, 5.74) is 0.0183. The molecule has 0 saturated carbocycles. The number of hydrogen-bond donors (Lipinski definition) is 0. The van der Waals surface area contributed by atoms with Gasteiger partial charge in [0, 0.05) is 25.7 Å². The molecule has 6 nitrogen and oxygen atoms in total. The van der Waals surface area contributed by atoms with Gasteiger partial charge in [0.1, 0.15) is 5.54 Å². The summed E-state index contributed by atoms with van der Waals surface area (Å²) in [4.78, 5) is 29.4. The molecule has 22 heavy (non-hydrogen) atoms. The summed E-state index contributed by atoms with van der Waals surface area (Å²) >= 11 is 0. The fourth-order valence-corrected chi connectivity index (χ4v) is 3.80. The van der Waals surface area contributed by atoms with Crippen molar-refractivity contribution >= 4 is 11.8 Å². The minimum absolute atomic E-state index is 0.114. The standard InChI is InChI=1S/C16H23N3O3/c1-3-8-18-9-4-6-16(15(18)21)7-5-10-19(16)14(20)13-11-12(2)17-22-13/h11H,3-10H2,1-2H3. The smallest absolute Gasteiger partial charge is 0.293 e. The summed E-state index contributed by atoms with van der Waals surface area (Å²) in [7, 11) is 0. The van der Waals surface area contributed by atoms with Crippen LogP contribution < -0.4 is 0 Å². The molecule has 120 valence electrons. The van der Waals surface area contributed by atoms with Gasteiger partial charge in [-0.1, -0.05) is 12.1 Å². The van der Waals surface area contributed by atoms with E-state index in [9.17, 15) is 9.59 Å². The molecule has 2 aliphatic rings. The van der Waals surface area contributed by atoms with Gasteiger partial charge in [-0.05, 0) is 39.0 Å². The Morgan fingerprint density at radius 1 is 1.36 bits per heavy atom. The lowest BCUT2D eigenvalue weighted by Gasteiger charge is -2.44. The van der Waals surface area contributed by atoms with Gasteiger partial charge in [0.05, 0.1) is 5.69 Å². The molecule has 2 amide bonds. The number of rotatable bonds is 3. The van der Waals surface area contributed by atoms with E-state index in [4.69, 9.17) is 4.52 Å². The van der Waals surface area contributed by atoms with Gasteiger partial charge in [-0.15, -0.1) is 0 Å². The topological polar surface area (TPSA) is 66.7 Å². The molecule has 0 N–H and O–H groups in total. The number of nitrogens with zero attached hydrogens (tertiary/aromatic N) is 3. The third kappa shape index (κ3) is 2.30. The van der Waals surface area contributed by atoms with Crippen LogP contribution >= 0.6 is 0 Å². The molecule has 0 bridgehead atoms. The molecule has 1 unspecified atom stereocenters. The fraction of sp³-hybridized carbons (Fsp3) is 0.688. The molecule has 1 aromatic rings. The maximum atomic E-state index is 13.0. The van der Waals surface area contributed by atoms with Crippen LogP contribution in [0.15, 0.2) is 10.6 Å². The van der Waals surface area contributed by atoms with E-state index in [1.54, 1.807) is 17.9 Å². The predicted octanol–water partition coefficient (Wildman–Crippen LogP) is 1.99. The monoisotopic (exact) mass is 305 g/mol. The predicted molar refractivity (Wildman–Crippen MR) is 80.3 cm³/mol. The van der Waals surface area contributed by atoms with E-state index < -0.39 is 5.54 Å². The van der Waals surface area contributed by atoms with Gasteiger partial charge in [-0.2, -0.15) is 0 Å². The van der Waals surface area contributed by atoms with E-state index in [-0.39, 0.29) is 17.6 Å². The molecular formula is C16H23N3O3. The van der Waals surface area contributed by atoms with Crippen molar-refractivity contribution in [3.63, 3.8) is 0 Å². The normalized spacial score (nSPS) is 25.3. The number of likely N-dealkylation sites (tertiary alicyclic amines) is 2. The van der Waals surface area contributed by atoms with E-state index in [0.29, 0.717) is 12.2 Å². The second kappa shape index (κ2) is 5.74. The quantitative estimate of drug-likeness (QED) is 0.856. The second-order valence-electron chi connectivity index (χ2n) is 6.32. The Hall–Kier alpha value is -1.85. The highest BCUT2D eigenvalue weighted by Gasteiger charge is 2.53. The Bertz CT molecular complexity index is 581. The maximum Gasteiger partial charge on any atom is 0.293 e. The van der Waals surface area contributed by atoms with Crippen LogP contribution in [-0.4, -0.2) is 51.9 Å². The average Bonchev–Trinajstić information content (AvgIpc) is 3.11. The molecule has 6 heteroatoms. The lowest BCUT2D eigenvalue weighted by Crippen LogP contribution is -2.61. The average molecular weight is 305 g/mol. The number of amides is 2. The van der Waals surface area contributed by atoms with E-state index >= 15 is 0 Å². The third-order valence-electron chi connectivity index (χ3n) is 4.77. The van der Waals surface area contributed by atoms with Crippen LogP contribution in [0, 0.1) is 6.92 Å². The number of aromatic nitrogens is 1. The molecule has 1 spiro atoms. The molecule has 0 aromatic carbocycles. The van der Waals surface area contributed by atoms with E-state index in [0.717, 1.165) is 45.2 Å². The van der Waals surface area contributed by atoms with Crippen molar-refractivity contribution in [2.45, 2.75) is 51.5 Å². The zero-order valence-electron chi connectivity index (χ0n) is 13.3. The van der Waals surface area contributed by atoms with Gasteiger partial charge in [-0.3, -0.25) is 9.59 Å². The maximum absolute atomic E-state index is 13.0. The minimum atomic E-state index is -0.662. The van der Waals surface area contributed by atoms with Crippen LogP contribution in [0.2, 0.25) is 0 Å². The van der Waals surface area contributed by atoms with Gasteiger partial charge in [0.15, 0.2) is 0 Å². The first-order chi connectivity index (χ1) is 10.6. The SMILES string of the molecule is CCCN1CCCC2(CCCN2C(=O)c2cc(C)no2)C1=O. The Balaban J connectivity index is 1.88. The number of carbonyl (C=O) groups excluding carboxylic acids is 2. The van der Waals surface area contributed by atoms with Crippen molar-refractivity contribution in [2.24, 2.45) is 0 Å². The van der Waals surface area contributed by atoms with E-state index in [2.05, 4.69) is 12.1 Å². The molecule has 2 saturated heterocycles. The Labute approximate surface area is 130 Å². The molecule has 3 heterocycles. The first kappa shape index (κ1) is 15.1. The highest BCUT2D eigenvalue weighted by Crippen LogP contribution is 2.39. The second-order valence-corrected chi connectivity index (χ2v) is 6.32. The minimum Gasteiger partial charge on any atom is -0.351 e. The highest BCUT2D eigenvalue weighted by molar-refractivity contribution is 5.98. The van der Waals surface area contributed by atoms with Gasteiger partial charge >= 0.3 is 0 Å². The largest absolute Gasteiger partial charge is 0.351 e. The number of carbonyl (C=O) groups is 2. The molecule has 2 fully saturated rings. The Morgan fingerprint density at radius 3 is 2.73 bits per heavy atom. The van der Waals surface area contributed by atoms with Gasteiger partial charge in [0.25, 0.3) is 5.91 Å². The van der Waals surface area contributed by atoms with Crippen LogP contribution in [0.3, 0.4) is 0 Å². The first-order valence-electron chi connectivity index (χ1n) is 8.13.